The lowest BCUT2D eigenvalue weighted by Gasteiger charge is -2.09. The topological polar surface area (TPSA) is 64.4 Å². The van der Waals surface area contributed by atoms with Crippen LogP contribution in [0.1, 0.15) is 12.5 Å². The fourth-order valence-corrected chi connectivity index (χ4v) is 1.64. The van der Waals surface area contributed by atoms with Crippen molar-refractivity contribution in [2.75, 3.05) is 13.7 Å². The third kappa shape index (κ3) is 3.19. The van der Waals surface area contributed by atoms with E-state index >= 15 is 0 Å². The summed E-state index contributed by atoms with van der Waals surface area (Å²) in [6.07, 6.45) is 3.18. The van der Waals surface area contributed by atoms with Crippen molar-refractivity contribution in [3.8, 4) is 11.5 Å². The van der Waals surface area contributed by atoms with Crippen molar-refractivity contribution >= 4 is 18.4 Å². The van der Waals surface area contributed by atoms with Crippen LogP contribution in [0.5, 0.6) is 11.5 Å². The normalized spacial score (nSPS) is 10.8. The summed E-state index contributed by atoms with van der Waals surface area (Å²) >= 11 is 4.99. The Labute approximate surface area is 115 Å². The molecule has 2 aromatic rings. The summed E-state index contributed by atoms with van der Waals surface area (Å²) in [7, 11) is 1.61. The summed E-state index contributed by atoms with van der Waals surface area (Å²) < 4.78 is 12.6. The van der Waals surface area contributed by atoms with Gasteiger partial charge in [0.1, 0.15) is 6.33 Å². The van der Waals surface area contributed by atoms with E-state index in [2.05, 4.69) is 15.3 Å². The number of H-pyrrole nitrogens is 1. The number of benzene rings is 1. The standard InChI is InChI=1S/C12H14N4O2S/c1-3-18-11-6-9(4-5-10(11)17-2)7-14-16-8-13-15-12(16)19/h4-8H,3H2,1-2H3,(H,15,19)/b14-7-. The van der Waals surface area contributed by atoms with Crippen molar-refractivity contribution in [3.63, 3.8) is 0 Å². The Morgan fingerprint density at radius 3 is 2.95 bits per heavy atom. The lowest BCUT2D eigenvalue weighted by Crippen LogP contribution is -1.97. The highest BCUT2D eigenvalue weighted by molar-refractivity contribution is 7.71. The summed E-state index contributed by atoms with van der Waals surface area (Å²) in [6, 6.07) is 5.57. The van der Waals surface area contributed by atoms with E-state index in [1.807, 2.05) is 25.1 Å². The molecule has 1 N–H and O–H groups in total. The largest absolute Gasteiger partial charge is 0.493 e. The number of aromatic amines is 1. The second kappa shape index (κ2) is 6.14. The minimum atomic E-state index is 0.440. The molecule has 0 fully saturated rings. The van der Waals surface area contributed by atoms with Crippen molar-refractivity contribution in [2.45, 2.75) is 6.92 Å². The average molecular weight is 278 g/mol. The van der Waals surface area contributed by atoms with Crippen molar-refractivity contribution in [1.29, 1.82) is 0 Å². The van der Waals surface area contributed by atoms with Gasteiger partial charge in [-0.25, -0.2) is 0 Å². The van der Waals surface area contributed by atoms with Crippen molar-refractivity contribution in [3.05, 3.63) is 34.9 Å². The molecule has 0 atom stereocenters. The summed E-state index contributed by atoms with van der Waals surface area (Å²) in [4.78, 5) is 0. The van der Waals surface area contributed by atoms with Gasteiger partial charge in [0.2, 0.25) is 4.77 Å². The van der Waals surface area contributed by atoms with Crippen LogP contribution in [0.15, 0.2) is 29.6 Å². The lowest BCUT2D eigenvalue weighted by molar-refractivity contribution is 0.311. The van der Waals surface area contributed by atoms with Gasteiger partial charge in [0.25, 0.3) is 0 Å². The van der Waals surface area contributed by atoms with Crippen LogP contribution in [-0.4, -0.2) is 34.8 Å². The molecule has 1 aromatic carbocycles. The van der Waals surface area contributed by atoms with E-state index in [-0.39, 0.29) is 0 Å². The maximum absolute atomic E-state index is 5.50. The first-order chi connectivity index (χ1) is 9.24. The van der Waals surface area contributed by atoms with Gasteiger partial charge in [-0.1, -0.05) is 0 Å². The van der Waals surface area contributed by atoms with Crippen LogP contribution in [0, 0.1) is 4.77 Å². The molecule has 0 radical (unpaired) electrons. The summed E-state index contributed by atoms with van der Waals surface area (Å²) in [5.41, 5.74) is 0.882. The molecule has 2 rings (SSSR count). The maximum atomic E-state index is 5.50. The number of aromatic nitrogens is 3. The molecule has 0 saturated heterocycles. The van der Waals surface area contributed by atoms with Crippen LogP contribution < -0.4 is 9.47 Å². The molecule has 0 bridgehead atoms. The first-order valence-corrected chi connectivity index (χ1v) is 6.12. The van der Waals surface area contributed by atoms with Crippen LogP contribution in [0.25, 0.3) is 0 Å². The Hall–Kier alpha value is -2.15. The van der Waals surface area contributed by atoms with Gasteiger partial charge in [-0.15, -0.1) is 0 Å². The zero-order valence-electron chi connectivity index (χ0n) is 10.7. The number of nitrogens with one attached hydrogen (secondary N) is 1. The van der Waals surface area contributed by atoms with E-state index in [0.29, 0.717) is 22.9 Å². The highest BCUT2D eigenvalue weighted by Crippen LogP contribution is 2.27. The first-order valence-electron chi connectivity index (χ1n) is 5.71. The van der Waals surface area contributed by atoms with Crippen molar-refractivity contribution in [2.24, 2.45) is 5.10 Å². The highest BCUT2D eigenvalue weighted by Gasteiger charge is 2.04. The molecule has 0 aliphatic heterocycles. The molecule has 19 heavy (non-hydrogen) atoms. The Morgan fingerprint density at radius 2 is 2.32 bits per heavy atom. The zero-order valence-corrected chi connectivity index (χ0v) is 11.5. The minimum Gasteiger partial charge on any atom is -0.493 e. The summed E-state index contributed by atoms with van der Waals surface area (Å²) in [5, 5.41) is 10.6. The molecule has 0 unspecified atom stereocenters. The molecule has 0 aliphatic carbocycles. The monoisotopic (exact) mass is 278 g/mol. The SMILES string of the molecule is CCOc1cc(/C=N\n2cn[nH]c2=S)ccc1OC. The van der Waals surface area contributed by atoms with E-state index in [4.69, 9.17) is 21.7 Å². The van der Waals surface area contributed by atoms with E-state index in [1.54, 1.807) is 13.3 Å². The Bertz CT molecular complexity index is 633. The average Bonchev–Trinajstić information content (AvgIpc) is 2.82. The van der Waals surface area contributed by atoms with E-state index in [9.17, 15) is 0 Å². The van der Waals surface area contributed by atoms with Gasteiger partial charge >= 0.3 is 0 Å². The first kappa shape index (κ1) is 13.3. The van der Waals surface area contributed by atoms with Gasteiger partial charge in [0.15, 0.2) is 11.5 Å². The van der Waals surface area contributed by atoms with Crippen LogP contribution in [0.3, 0.4) is 0 Å². The van der Waals surface area contributed by atoms with Crippen LogP contribution >= 0.6 is 12.2 Å². The smallest absolute Gasteiger partial charge is 0.216 e. The molecule has 0 aliphatic rings. The van der Waals surface area contributed by atoms with E-state index < -0.39 is 0 Å². The maximum Gasteiger partial charge on any atom is 0.216 e. The number of hydrogen-bond donors (Lipinski definition) is 1. The number of methoxy groups -OCH3 is 1. The second-order valence-corrected chi connectivity index (χ2v) is 3.98. The number of ether oxygens (including phenoxy) is 2. The third-order valence-electron chi connectivity index (χ3n) is 2.35. The molecular weight excluding hydrogens is 264 g/mol. The minimum absolute atomic E-state index is 0.440. The number of hydrogen-bond acceptors (Lipinski definition) is 5. The number of nitrogens with zero attached hydrogens (tertiary/aromatic N) is 3. The van der Waals surface area contributed by atoms with Gasteiger partial charge in [0.05, 0.1) is 19.9 Å². The van der Waals surface area contributed by atoms with Crippen LogP contribution in [0.2, 0.25) is 0 Å². The molecule has 0 amide bonds. The fourth-order valence-electron chi connectivity index (χ4n) is 1.50. The van der Waals surface area contributed by atoms with Crippen molar-refractivity contribution < 1.29 is 9.47 Å². The van der Waals surface area contributed by atoms with Crippen molar-refractivity contribution in [1.82, 2.24) is 14.9 Å². The Kier molecular flexibility index (Phi) is 4.30. The van der Waals surface area contributed by atoms with E-state index in [0.717, 1.165) is 5.56 Å². The zero-order chi connectivity index (χ0) is 13.7. The molecule has 0 saturated carbocycles. The molecule has 6 nitrogen and oxygen atoms in total. The van der Waals surface area contributed by atoms with Crippen LogP contribution in [0.4, 0.5) is 0 Å². The number of rotatable bonds is 5. The third-order valence-corrected chi connectivity index (χ3v) is 2.63. The fraction of sp³-hybridized carbons (Fsp3) is 0.250. The Balaban J connectivity index is 2.26. The molecule has 7 heteroatoms. The van der Waals surface area contributed by atoms with E-state index in [1.165, 1.54) is 11.0 Å². The molecule has 0 spiro atoms. The Morgan fingerprint density at radius 1 is 1.47 bits per heavy atom. The summed E-state index contributed by atoms with van der Waals surface area (Å²) in [5.74, 6) is 1.38. The highest BCUT2D eigenvalue weighted by atomic mass is 32.1. The molecule has 1 heterocycles. The quantitative estimate of drug-likeness (QED) is 0.673. The summed E-state index contributed by atoms with van der Waals surface area (Å²) in [6.45, 7) is 2.49. The van der Waals surface area contributed by atoms with Gasteiger partial charge in [-0.2, -0.15) is 14.9 Å². The molecule has 1 aromatic heterocycles. The van der Waals surface area contributed by atoms with Gasteiger partial charge in [0, 0.05) is 0 Å². The molecular formula is C12H14N4O2S. The van der Waals surface area contributed by atoms with Gasteiger partial charge in [-0.3, -0.25) is 5.10 Å². The molecule has 100 valence electrons. The van der Waals surface area contributed by atoms with Gasteiger partial charge < -0.3 is 9.47 Å². The predicted octanol–water partition coefficient (Wildman–Crippen LogP) is 2.23. The lowest BCUT2D eigenvalue weighted by atomic mass is 10.2. The van der Waals surface area contributed by atoms with Gasteiger partial charge in [-0.05, 0) is 42.9 Å². The second-order valence-electron chi connectivity index (χ2n) is 3.59. The predicted molar refractivity (Wildman–Crippen MR) is 74.6 cm³/mol. The van der Waals surface area contributed by atoms with Crippen LogP contribution in [-0.2, 0) is 0 Å².